The number of nitrogens with one attached hydrogen (secondary N) is 1. The van der Waals surface area contributed by atoms with Crippen molar-refractivity contribution in [3.05, 3.63) is 23.7 Å². The maximum Gasteiger partial charge on any atom is 0.117 e. The van der Waals surface area contributed by atoms with Crippen molar-refractivity contribution in [1.29, 1.82) is 0 Å². The van der Waals surface area contributed by atoms with Crippen molar-refractivity contribution in [2.24, 2.45) is 0 Å². The Morgan fingerprint density at radius 3 is 2.71 bits per heavy atom. The van der Waals surface area contributed by atoms with Gasteiger partial charge in [-0.1, -0.05) is 0 Å². The second-order valence-corrected chi connectivity index (χ2v) is 4.89. The summed E-state index contributed by atoms with van der Waals surface area (Å²) in [6, 6.07) is 5.49. The smallest absolute Gasteiger partial charge is 0.117 e. The van der Waals surface area contributed by atoms with Gasteiger partial charge in [0.2, 0.25) is 0 Å². The third-order valence-corrected chi connectivity index (χ3v) is 3.35. The fourth-order valence-corrected chi connectivity index (χ4v) is 1.97. The van der Waals surface area contributed by atoms with Crippen molar-refractivity contribution in [3.63, 3.8) is 0 Å². The van der Waals surface area contributed by atoms with Crippen LogP contribution in [0.15, 0.2) is 16.5 Å². The average Bonchev–Trinajstić information content (AvgIpc) is 3.02. The fourth-order valence-electron chi connectivity index (χ4n) is 1.97. The molecule has 1 fully saturated rings. The van der Waals surface area contributed by atoms with Crippen LogP contribution in [0, 0.1) is 6.92 Å². The molecule has 1 aliphatic carbocycles. The van der Waals surface area contributed by atoms with Gasteiger partial charge in [0.25, 0.3) is 0 Å². The van der Waals surface area contributed by atoms with E-state index in [0.29, 0.717) is 6.04 Å². The second-order valence-electron chi connectivity index (χ2n) is 4.89. The molecule has 17 heavy (non-hydrogen) atoms. The first kappa shape index (κ1) is 14.6. The second kappa shape index (κ2) is 6.43. The monoisotopic (exact) mass is 258 g/mol. The molecule has 0 amide bonds. The first-order chi connectivity index (χ1) is 7.66. The zero-order valence-electron chi connectivity index (χ0n) is 10.9. The highest BCUT2D eigenvalue weighted by atomic mass is 35.5. The van der Waals surface area contributed by atoms with Gasteiger partial charge in [0, 0.05) is 18.6 Å². The van der Waals surface area contributed by atoms with E-state index in [9.17, 15) is 0 Å². The van der Waals surface area contributed by atoms with Crippen LogP contribution < -0.4 is 5.32 Å². The Bertz CT molecular complexity index is 336. The molecule has 0 aromatic carbocycles. The van der Waals surface area contributed by atoms with Gasteiger partial charge >= 0.3 is 0 Å². The summed E-state index contributed by atoms with van der Waals surface area (Å²) in [5.41, 5.74) is 0. The normalized spacial score (nSPS) is 16.9. The lowest BCUT2D eigenvalue weighted by molar-refractivity contribution is 0.239. The minimum Gasteiger partial charge on any atom is -0.465 e. The molecule has 1 N–H and O–H groups in total. The molecule has 0 radical (unpaired) electrons. The molecular weight excluding hydrogens is 236 g/mol. The van der Waals surface area contributed by atoms with E-state index >= 15 is 0 Å². The Morgan fingerprint density at radius 2 is 2.18 bits per heavy atom. The van der Waals surface area contributed by atoms with Crippen molar-refractivity contribution < 1.29 is 4.42 Å². The Hall–Kier alpha value is -0.510. The van der Waals surface area contributed by atoms with E-state index in [2.05, 4.69) is 24.2 Å². The van der Waals surface area contributed by atoms with Crippen molar-refractivity contribution in [2.45, 2.75) is 45.3 Å². The van der Waals surface area contributed by atoms with E-state index < -0.39 is 0 Å². The molecule has 0 spiro atoms. The molecule has 1 heterocycles. The summed E-state index contributed by atoms with van der Waals surface area (Å²) in [6.07, 6.45) is 2.75. The molecule has 2 rings (SSSR count). The molecule has 0 aliphatic heterocycles. The van der Waals surface area contributed by atoms with Crippen molar-refractivity contribution >= 4 is 12.4 Å². The lowest BCUT2D eigenvalue weighted by Crippen LogP contribution is -2.38. The van der Waals surface area contributed by atoms with Gasteiger partial charge in [-0.05, 0) is 45.9 Å². The molecule has 1 unspecified atom stereocenters. The molecule has 1 aromatic rings. The summed E-state index contributed by atoms with van der Waals surface area (Å²) in [7, 11) is 2.22. The van der Waals surface area contributed by atoms with Gasteiger partial charge in [-0.3, -0.25) is 4.90 Å². The van der Waals surface area contributed by atoms with Gasteiger partial charge < -0.3 is 9.73 Å². The van der Waals surface area contributed by atoms with E-state index in [1.165, 1.54) is 12.8 Å². The first-order valence-electron chi connectivity index (χ1n) is 6.15. The zero-order chi connectivity index (χ0) is 11.5. The van der Waals surface area contributed by atoms with Crippen LogP contribution in [0.2, 0.25) is 0 Å². The maximum absolute atomic E-state index is 5.51. The number of rotatable bonds is 6. The lowest BCUT2D eigenvalue weighted by atomic mass is 10.3. The van der Waals surface area contributed by atoms with E-state index in [1.54, 1.807) is 0 Å². The van der Waals surface area contributed by atoms with Crippen molar-refractivity contribution in [3.8, 4) is 0 Å². The Labute approximate surface area is 110 Å². The first-order valence-corrected chi connectivity index (χ1v) is 6.15. The number of likely N-dealkylation sites (N-methyl/N-ethyl adjacent to an activating group) is 1. The summed E-state index contributed by atoms with van der Waals surface area (Å²) >= 11 is 0. The summed E-state index contributed by atoms with van der Waals surface area (Å²) in [5, 5.41) is 3.44. The van der Waals surface area contributed by atoms with Crippen LogP contribution in [0.25, 0.3) is 0 Å². The number of hydrogen-bond donors (Lipinski definition) is 1. The average molecular weight is 259 g/mol. The van der Waals surface area contributed by atoms with Gasteiger partial charge in [0.05, 0.1) is 6.54 Å². The van der Waals surface area contributed by atoms with Gasteiger partial charge in [-0.25, -0.2) is 0 Å². The highest BCUT2D eigenvalue weighted by Crippen LogP contribution is 2.26. The van der Waals surface area contributed by atoms with Gasteiger partial charge in [-0.2, -0.15) is 0 Å². The van der Waals surface area contributed by atoms with Gasteiger partial charge in [-0.15, -0.1) is 12.4 Å². The number of hydrogen-bond acceptors (Lipinski definition) is 3. The molecule has 98 valence electrons. The largest absolute Gasteiger partial charge is 0.465 e. The molecular formula is C13H23ClN2O. The third kappa shape index (κ3) is 4.34. The van der Waals surface area contributed by atoms with Crippen LogP contribution in [0.1, 0.15) is 31.3 Å². The van der Waals surface area contributed by atoms with Crippen LogP contribution in [0.5, 0.6) is 0 Å². The Morgan fingerprint density at radius 1 is 1.47 bits per heavy atom. The van der Waals surface area contributed by atoms with Crippen LogP contribution in [-0.2, 0) is 6.54 Å². The van der Waals surface area contributed by atoms with Crippen molar-refractivity contribution in [1.82, 2.24) is 10.2 Å². The van der Waals surface area contributed by atoms with Crippen molar-refractivity contribution in [2.75, 3.05) is 13.6 Å². The van der Waals surface area contributed by atoms with E-state index in [4.69, 9.17) is 4.42 Å². The Balaban J connectivity index is 0.00000144. The van der Waals surface area contributed by atoms with Crippen LogP contribution >= 0.6 is 12.4 Å². The Kier molecular flexibility index (Phi) is 5.50. The van der Waals surface area contributed by atoms with Crippen LogP contribution in [0.4, 0.5) is 0 Å². The van der Waals surface area contributed by atoms with E-state index in [1.807, 2.05) is 19.1 Å². The summed E-state index contributed by atoms with van der Waals surface area (Å²) in [6.45, 7) is 6.11. The fraction of sp³-hybridized carbons (Fsp3) is 0.692. The van der Waals surface area contributed by atoms with Crippen LogP contribution in [0.3, 0.4) is 0 Å². The molecule has 1 aliphatic rings. The highest BCUT2D eigenvalue weighted by Gasteiger charge is 2.28. The minimum absolute atomic E-state index is 0. The molecule has 1 atom stereocenters. The predicted octanol–water partition coefficient (Wildman–Crippen LogP) is 2.58. The summed E-state index contributed by atoms with van der Waals surface area (Å²) in [4.78, 5) is 2.47. The lowest BCUT2D eigenvalue weighted by Gasteiger charge is -2.24. The quantitative estimate of drug-likeness (QED) is 0.850. The molecule has 3 nitrogen and oxygen atoms in total. The highest BCUT2D eigenvalue weighted by molar-refractivity contribution is 5.85. The molecule has 0 saturated heterocycles. The number of halogens is 1. The van der Waals surface area contributed by atoms with E-state index in [-0.39, 0.29) is 12.4 Å². The molecule has 1 saturated carbocycles. The zero-order valence-corrected chi connectivity index (χ0v) is 11.7. The summed E-state index contributed by atoms with van der Waals surface area (Å²) in [5.74, 6) is 2.01. The number of aryl methyl sites for hydroxylation is 1. The van der Waals surface area contributed by atoms with Gasteiger partial charge in [0.1, 0.15) is 11.5 Å². The maximum atomic E-state index is 5.51. The standard InChI is InChI=1S/C13H22N2O.ClH/c1-10(15(3)12-5-6-12)8-14-9-13-7-4-11(2)16-13;/h4,7,10,12,14H,5-6,8-9H2,1-3H3;1H. The summed E-state index contributed by atoms with van der Waals surface area (Å²) < 4.78 is 5.51. The van der Waals surface area contributed by atoms with E-state index in [0.717, 1.165) is 30.7 Å². The SMILES string of the molecule is Cc1ccc(CNCC(C)N(C)C2CC2)o1.Cl. The predicted molar refractivity (Wildman–Crippen MR) is 72.6 cm³/mol. The minimum atomic E-state index is 0. The molecule has 0 bridgehead atoms. The topological polar surface area (TPSA) is 28.4 Å². The molecule has 1 aromatic heterocycles. The van der Waals surface area contributed by atoms with Gasteiger partial charge in [0.15, 0.2) is 0 Å². The number of nitrogens with zero attached hydrogens (tertiary/aromatic N) is 1. The third-order valence-electron chi connectivity index (χ3n) is 3.35. The number of furan rings is 1. The van der Waals surface area contributed by atoms with Crippen LogP contribution in [-0.4, -0.2) is 30.6 Å². The molecule has 4 heteroatoms.